The number of nitrogens with zero attached hydrogens (tertiary/aromatic N) is 3. The summed E-state index contributed by atoms with van der Waals surface area (Å²) in [7, 11) is -1.50. The Morgan fingerprint density at radius 2 is 1.33 bits per heavy atom. The smallest absolute Gasteiger partial charge is 0.0852 e. The molecule has 1 radical (unpaired) electrons. The van der Waals surface area contributed by atoms with Gasteiger partial charge in [0.15, 0.2) is 0 Å². The average Bonchev–Trinajstić information content (AvgIpc) is 3.95. The number of pyridine rings is 1. The molecular weight excluding hydrogens is 1050 g/mol. The summed E-state index contributed by atoms with van der Waals surface area (Å²) in [6, 6.07) is 75.7. The van der Waals surface area contributed by atoms with Crippen LogP contribution in [0.1, 0.15) is 37.8 Å². The maximum Gasteiger partial charge on any atom is 0.0852 e. The van der Waals surface area contributed by atoms with E-state index in [2.05, 4.69) is 211 Å². The summed E-state index contributed by atoms with van der Waals surface area (Å²) < 4.78 is 13.3. The van der Waals surface area contributed by atoms with Crippen molar-refractivity contribution in [2.75, 3.05) is 0 Å². The molecule has 0 bridgehead atoms. The molecule has 0 spiro atoms. The summed E-state index contributed by atoms with van der Waals surface area (Å²) in [5.74, 6) is 0.295. The summed E-state index contributed by atoms with van der Waals surface area (Å²) in [5, 5.41) is 8.50. The molecule has 0 unspecified atom stereocenters. The van der Waals surface area contributed by atoms with Crippen LogP contribution in [0.4, 0.5) is 0 Å². The van der Waals surface area contributed by atoms with Crippen LogP contribution in [0, 0.1) is 12.1 Å². The molecule has 3 aromatic heterocycles. The molecule has 0 N–H and O–H groups in total. The van der Waals surface area contributed by atoms with Crippen LogP contribution < -0.4 is 5.19 Å². The van der Waals surface area contributed by atoms with E-state index in [0.29, 0.717) is 0 Å². The Morgan fingerprint density at radius 3 is 2.07 bits per heavy atom. The van der Waals surface area contributed by atoms with Crippen molar-refractivity contribution in [1.82, 2.24) is 14.5 Å². The third kappa shape index (κ3) is 8.91. The minimum Gasteiger partial charge on any atom is -0.332 e. The van der Waals surface area contributed by atoms with Crippen molar-refractivity contribution in [3.8, 4) is 39.5 Å². The van der Waals surface area contributed by atoms with Gasteiger partial charge < -0.3 is 9.55 Å². The van der Waals surface area contributed by atoms with Crippen molar-refractivity contribution in [2.24, 2.45) is 0 Å². The van der Waals surface area contributed by atoms with E-state index >= 15 is 0 Å². The number of rotatable bonds is 8. The fourth-order valence-corrected chi connectivity index (χ4v) is 12.5. The molecule has 0 saturated carbocycles. The number of hydrogen-bond donors (Lipinski definition) is 0. The molecule has 3 nitrogen and oxygen atoms in total. The number of thiophene rings is 1. The van der Waals surface area contributed by atoms with E-state index < -0.39 is 14.0 Å². The van der Waals surface area contributed by atoms with Gasteiger partial charge in [0.1, 0.15) is 0 Å². The number of fused-ring (bicyclic) bond motifs is 7. The van der Waals surface area contributed by atoms with Crippen LogP contribution in [0.25, 0.3) is 92.2 Å². The maximum absolute atomic E-state index is 8.44. The van der Waals surface area contributed by atoms with Crippen LogP contribution in [0.3, 0.4) is 0 Å². The van der Waals surface area contributed by atoms with Gasteiger partial charge in [0, 0.05) is 48.7 Å². The van der Waals surface area contributed by atoms with Gasteiger partial charge in [0.25, 0.3) is 0 Å². The van der Waals surface area contributed by atoms with Gasteiger partial charge in [-0.15, -0.1) is 54.1 Å². The minimum atomic E-state index is -1.50. The molecule has 0 aliphatic carbocycles. The van der Waals surface area contributed by atoms with Gasteiger partial charge in [-0.2, -0.15) is 11.3 Å². The first-order chi connectivity index (χ1) is 33.5. The van der Waals surface area contributed by atoms with Gasteiger partial charge in [0.05, 0.1) is 30.6 Å². The van der Waals surface area contributed by atoms with Crippen molar-refractivity contribution in [2.45, 2.75) is 45.8 Å². The van der Waals surface area contributed by atoms with Crippen molar-refractivity contribution >= 4 is 77.3 Å². The second kappa shape index (κ2) is 19.3. The van der Waals surface area contributed by atoms with Crippen molar-refractivity contribution in [3.63, 3.8) is 0 Å². The molecule has 0 aliphatic rings. The van der Waals surface area contributed by atoms with E-state index in [1.165, 1.54) is 63.8 Å². The predicted molar refractivity (Wildman–Crippen MR) is 294 cm³/mol. The van der Waals surface area contributed by atoms with Crippen LogP contribution in [-0.2, 0) is 26.5 Å². The van der Waals surface area contributed by atoms with E-state index in [1.54, 1.807) is 0 Å². The third-order valence-corrected chi connectivity index (χ3v) is 16.2. The van der Waals surface area contributed by atoms with Gasteiger partial charge in [-0.05, 0) is 72.9 Å². The maximum atomic E-state index is 8.44. The quantitative estimate of drug-likeness (QED) is 0.112. The van der Waals surface area contributed by atoms with Gasteiger partial charge in [-0.25, -0.2) is 0 Å². The molecule has 12 rings (SSSR count). The molecule has 0 fully saturated rings. The molecule has 9 aromatic carbocycles. The van der Waals surface area contributed by atoms with E-state index in [-0.39, 0.29) is 20.1 Å². The number of benzene rings is 9. The predicted octanol–water partition coefficient (Wildman–Crippen LogP) is 16.6. The zero-order valence-electron chi connectivity index (χ0n) is 40.3. The number of hydrogen-bond acceptors (Lipinski definition) is 3. The average molecular weight is 1100 g/mol. The van der Waals surface area contributed by atoms with E-state index in [0.717, 1.165) is 56.7 Å². The molecule has 3 heterocycles. The Labute approximate surface area is 425 Å². The Bertz CT molecular complexity index is 3840. The summed E-state index contributed by atoms with van der Waals surface area (Å²) >= 11 is 1.84. The molecule has 0 amide bonds. The van der Waals surface area contributed by atoms with E-state index in [9.17, 15) is 0 Å². The van der Waals surface area contributed by atoms with Gasteiger partial charge >= 0.3 is 0 Å². The first kappa shape index (κ1) is 44.7. The van der Waals surface area contributed by atoms with Gasteiger partial charge in [-0.1, -0.05) is 196 Å². The fourth-order valence-electron chi connectivity index (χ4n) is 9.61. The second-order valence-corrected chi connectivity index (χ2v) is 24.9. The summed E-state index contributed by atoms with van der Waals surface area (Å²) in [4.78, 5) is 10.2. The van der Waals surface area contributed by atoms with Crippen LogP contribution in [0.15, 0.2) is 200 Å². The van der Waals surface area contributed by atoms with Crippen molar-refractivity contribution in [3.05, 3.63) is 229 Å². The molecule has 339 valence electrons. The summed E-state index contributed by atoms with van der Waals surface area (Å²) in [6.45, 7) is 10.8. The molecular formula is C63H51IrN3SSi-2. The molecule has 0 atom stereocenters. The number of aromatic nitrogens is 3. The minimum absolute atomic E-state index is 0. The zero-order valence-corrected chi connectivity index (χ0v) is 43.6. The Hall–Kier alpha value is -6.79. The third-order valence-electron chi connectivity index (χ3n) is 13.0. The summed E-state index contributed by atoms with van der Waals surface area (Å²) in [5.41, 5.74) is 12.2. The Kier molecular flexibility index (Phi) is 12.5. The van der Waals surface area contributed by atoms with Crippen LogP contribution in [-0.4, -0.2) is 22.6 Å². The normalized spacial score (nSPS) is 12.0. The van der Waals surface area contributed by atoms with Gasteiger partial charge in [0.2, 0.25) is 0 Å². The monoisotopic (exact) mass is 1100 g/mol. The standard InChI is InChI=1S/C46H29N2S.C17H22NSi.Ir/c1-3-12-30(13-4-1)28-31-22-25-38-39-20-11-21-40(45(39)49-42(38)29-31)46-47-43-35-18-9-7-16-33(35)24-27-41(43)48(46)44-36-19-10-8-17-34(36)23-26-37(44)32-14-5-2-6-15-32;1-13(2)15-11-16(14-9-7-6-8-10-14)18-12-17(15)19(3,4)5;/h1-20,22-27,29H,28H2;6-9,11-13H,1-5H3;/q2*-1;/i;13D;. The first-order valence-corrected chi connectivity index (χ1v) is 27.7. The SMILES string of the molecule is [2H]C(C)(C)c1cc(-c2[c-]cccc2)ncc1[Si](C)(C)C.[Ir].[c-]1ccc2c(sc3cc(Cc4ccccc4)ccc32)c1-c1nc2c3ccccc3ccc2n1-c1c(-c2ccccc2)ccc2ccccc12. The Morgan fingerprint density at radius 1 is 0.638 bits per heavy atom. The van der Waals surface area contributed by atoms with Crippen LogP contribution >= 0.6 is 11.3 Å². The van der Waals surface area contributed by atoms with E-state index in [4.69, 9.17) is 6.35 Å². The molecule has 6 heteroatoms. The molecule has 0 aliphatic heterocycles. The zero-order chi connectivity index (χ0) is 47.3. The van der Waals surface area contributed by atoms with Crippen LogP contribution in [0.2, 0.25) is 19.6 Å². The number of imidazole rings is 1. The first-order valence-electron chi connectivity index (χ1n) is 23.9. The molecule has 0 saturated heterocycles. The largest absolute Gasteiger partial charge is 0.332 e. The fraction of sp³-hybridized carbons (Fsp3) is 0.111. The van der Waals surface area contributed by atoms with Crippen LogP contribution in [0.5, 0.6) is 0 Å². The summed E-state index contributed by atoms with van der Waals surface area (Å²) in [6.07, 6.45) is 2.89. The van der Waals surface area contributed by atoms with Crippen molar-refractivity contribution < 1.29 is 21.5 Å². The van der Waals surface area contributed by atoms with Crippen molar-refractivity contribution in [1.29, 1.82) is 0 Å². The van der Waals surface area contributed by atoms with Gasteiger partial charge in [-0.3, -0.25) is 4.98 Å². The molecule has 12 aromatic rings. The van der Waals surface area contributed by atoms with E-state index in [1.807, 2.05) is 55.6 Å². The molecule has 69 heavy (non-hydrogen) atoms. The topological polar surface area (TPSA) is 30.7 Å². The second-order valence-electron chi connectivity index (χ2n) is 18.8. The Balaban J connectivity index is 0.000000229.